The molecule has 1 aliphatic heterocycles. The molecule has 18 heavy (non-hydrogen) atoms. The van der Waals surface area contributed by atoms with Crippen molar-refractivity contribution in [3.63, 3.8) is 0 Å². The van der Waals surface area contributed by atoms with Crippen molar-refractivity contribution in [1.82, 2.24) is 4.98 Å². The number of aryl methyl sites for hydroxylation is 1. The van der Waals surface area contributed by atoms with Gasteiger partial charge in [-0.2, -0.15) is 0 Å². The molecule has 0 unspecified atom stereocenters. The number of hydrogen-bond acceptors (Lipinski definition) is 5. The third-order valence-corrected chi connectivity index (χ3v) is 3.85. The van der Waals surface area contributed by atoms with E-state index in [0.29, 0.717) is 30.4 Å². The van der Waals surface area contributed by atoms with Gasteiger partial charge in [0.25, 0.3) is 5.69 Å². The van der Waals surface area contributed by atoms with E-state index in [-0.39, 0.29) is 5.69 Å². The minimum atomic E-state index is -0.596. The summed E-state index contributed by atoms with van der Waals surface area (Å²) in [4.78, 5) is 16.6. The van der Waals surface area contributed by atoms with E-state index in [1.165, 1.54) is 12.3 Å². The van der Waals surface area contributed by atoms with E-state index in [0.717, 1.165) is 12.8 Å². The summed E-state index contributed by atoms with van der Waals surface area (Å²) in [5.41, 5.74) is 0.0463. The Hall–Kier alpha value is -1.69. The fraction of sp³-hybridized carbons (Fsp3) is 0.583. The Kier molecular flexibility index (Phi) is 2.31. The Bertz CT molecular complexity index is 507. The monoisotopic (exact) mass is 249 g/mol. The summed E-state index contributed by atoms with van der Waals surface area (Å²) in [6.07, 6.45) is 3.69. The third kappa shape index (κ3) is 1.73. The van der Waals surface area contributed by atoms with Gasteiger partial charge in [-0.15, -0.1) is 0 Å². The molecule has 6 nitrogen and oxygen atoms in total. The molecule has 96 valence electrons. The number of aromatic nitrogens is 1. The number of rotatable bonds is 3. The van der Waals surface area contributed by atoms with Gasteiger partial charge in [-0.05, 0) is 25.7 Å². The highest BCUT2D eigenvalue weighted by Crippen LogP contribution is 2.45. The van der Waals surface area contributed by atoms with Gasteiger partial charge in [0.1, 0.15) is 11.4 Å². The number of nitro groups is 1. The first-order chi connectivity index (χ1) is 8.49. The second kappa shape index (κ2) is 3.65. The van der Waals surface area contributed by atoms with Gasteiger partial charge >= 0.3 is 0 Å². The molecule has 2 fully saturated rings. The van der Waals surface area contributed by atoms with Gasteiger partial charge in [-0.3, -0.25) is 10.1 Å². The summed E-state index contributed by atoms with van der Waals surface area (Å²) in [7, 11) is 0. The zero-order valence-corrected chi connectivity index (χ0v) is 10.2. The molecule has 1 aromatic rings. The molecule has 0 radical (unpaired) electrons. The molecule has 1 aromatic heterocycles. The highest BCUT2D eigenvalue weighted by atomic mass is 16.6. The van der Waals surface area contributed by atoms with Gasteiger partial charge in [0.15, 0.2) is 0 Å². The van der Waals surface area contributed by atoms with Gasteiger partial charge in [-0.25, -0.2) is 4.98 Å². The number of β-amino-alcohol motifs (C(OH)–C–C–N with tert-alkyl or cyclic N) is 1. The lowest BCUT2D eigenvalue weighted by atomic mass is 9.89. The average molecular weight is 249 g/mol. The zero-order valence-electron chi connectivity index (χ0n) is 10.2. The molecule has 3 rings (SSSR count). The lowest BCUT2D eigenvalue weighted by molar-refractivity contribution is -0.385. The van der Waals surface area contributed by atoms with E-state index < -0.39 is 10.5 Å². The molecule has 2 heterocycles. The molecular weight excluding hydrogens is 234 g/mol. The molecule has 6 heteroatoms. The highest BCUT2D eigenvalue weighted by molar-refractivity contribution is 5.53. The number of hydrogen-bond donors (Lipinski definition) is 1. The summed E-state index contributed by atoms with van der Waals surface area (Å²) in [5, 5.41) is 21.1. The normalized spacial score (nSPS) is 21.6. The van der Waals surface area contributed by atoms with Crippen LogP contribution in [0, 0.1) is 23.0 Å². The van der Waals surface area contributed by atoms with E-state index in [1.807, 2.05) is 4.90 Å². The molecule has 0 spiro atoms. The van der Waals surface area contributed by atoms with Crippen LogP contribution in [0.15, 0.2) is 12.3 Å². The highest BCUT2D eigenvalue weighted by Gasteiger charge is 2.52. The minimum Gasteiger partial charge on any atom is -0.386 e. The molecule has 2 aliphatic rings. The van der Waals surface area contributed by atoms with E-state index >= 15 is 0 Å². The van der Waals surface area contributed by atoms with Crippen LogP contribution in [0.2, 0.25) is 0 Å². The van der Waals surface area contributed by atoms with E-state index in [9.17, 15) is 15.2 Å². The molecule has 1 aliphatic carbocycles. The molecule has 0 aromatic carbocycles. The molecule has 0 atom stereocenters. The van der Waals surface area contributed by atoms with E-state index in [1.54, 1.807) is 6.92 Å². The van der Waals surface area contributed by atoms with Gasteiger partial charge in [-0.1, -0.05) is 0 Å². The van der Waals surface area contributed by atoms with Crippen LogP contribution in [0.5, 0.6) is 0 Å². The quantitative estimate of drug-likeness (QED) is 0.644. The van der Waals surface area contributed by atoms with Crippen LogP contribution in [-0.4, -0.2) is 33.7 Å². The van der Waals surface area contributed by atoms with Crippen LogP contribution >= 0.6 is 0 Å². The predicted molar refractivity (Wildman–Crippen MR) is 65.5 cm³/mol. The first-order valence-corrected chi connectivity index (χ1v) is 6.08. The molecule has 1 saturated heterocycles. The second-order valence-corrected chi connectivity index (χ2v) is 5.32. The van der Waals surface area contributed by atoms with Gasteiger partial charge < -0.3 is 10.0 Å². The summed E-state index contributed by atoms with van der Waals surface area (Å²) < 4.78 is 0. The Labute approximate surface area is 104 Å². The van der Waals surface area contributed by atoms with Crippen LogP contribution in [0.4, 0.5) is 11.5 Å². The van der Waals surface area contributed by atoms with Crippen LogP contribution in [-0.2, 0) is 0 Å². The Morgan fingerprint density at radius 1 is 1.56 bits per heavy atom. The molecular formula is C12H15N3O3. The van der Waals surface area contributed by atoms with Crippen molar-refractivity contribution in [2.24, 2.45) is 5.92 Å². The fourth-order valence-electron chi connectivity index (χ4n) is 2.53. The number of nitrogens with zero attached hydrogens (tertiary/aromatic N) is 3. The minimum absolute atomic E-state index is 0.0851. The second-order valence-electron chi connectivity index (χ2n) is 5.32. The van der Waals surface area contributed by atoms with E-state index in [2.05, 4.69) is 4.98 Å². The Morgan fingerprint density at radius 2 is 2.22 bits per heavy atom. The summed E-state index contributed by atoms with van der Waals surface area (Å²) in [5.74, 6) is 0.992. The summed E-state index contributed by atoms with van der Waals surface area (Å²) in [6, 6.07) is 1.49. The van der Waals surface area contributed by atoms with Crippen LogP contribution in [0.3, 0.4) is 0 Å². The van der Waals surface area contributed by atoms with Crippen LogP contribution < -0.4 is 4.90 Å². The summed E-state index contributed by atoms with van der Waals surface area (Å²) in [6.45, 7) is 2.74. The Morgan fingerprint density at radius 3 is 2.78 bits per heavy atom. The van der Waals surface area contributed by atoms with Crippen molar-refractivity contribution in [3.05, 3.63) is 27.9 Å². The van der Waals surface area contributed by atoms with Crippen molar-refractivity contribution in [2.75, 3.05) is 18.0 Å². The Balaban J connectivity index is 1.78. The zero-order chi connectivity index (χ0) is 12.9. The van der Waals surface area contributed by atoms with Crippen molar-refractivity contribution in [1.29, 1.82) is 0 Å². The SMILES string of the molecule is Cc1cnc(N2CC(O)(C3CC3)C2)cc1[N+](=O)[O-]. The first kappa shape index (κ1) is 11.4. The van der Waals surface area contributed by atoms with Crippen molar-refractivity contribution in [3.8, 4) is 0 Å². The molecule has 1 saturated carbocycles. The predicted octanol–water partition coefficient (Wildman–Crippen LogP) is 1.26. The molecule has 0 bridgehead atoms. The number of aliphatic hydroxyl groups is 1. The maximum atomic E-state index is 10.9. The number of pyridine rings is 1. The fourth-order valence-corrected chi connectivity index (χ4v) is 2.53. The third-order valence-electron chi connectivity index (χ3n) is 3.85. The topological polar surface area (TPSA) is 79.5 Å². The molecule has 1 N–H and O–H groups in total. The van der Waals surface area contributed by atoms with Crippen LogP contribution in [0.1, 0.15) is 18.4 Å². The van der Waals surface area contributed by atoms with Crippen molar-refractivity contribution in [2.45, 2.75) is 25.4 Å². The first-order valence-electron chi connectivity index (χ1n) is 6.08. The van der Waals surface area contributed by atoms with Gasteiger partial charge in [0.2, 0.25) is 0 Å². The standard InChI is InChI=1S/C12H15N3O3/c1-8-5-13-11(4-10(8)15(17)18)14-6-12(16,7-14)9-2-3-9/h4-5,9,16H,2-3,6-7H2,1H3. The smallest absolute Gasteiger partial charge is 0.277 e. The maximum absolute atomic E-state index is 10.9. The lowest BCUT2D eigenvalue weighted by Gasteiger charge is -2.47. The van der Waals surface area contributed by atoms with E-state index in [4.69, 9.17) is 0 Å². The molecule has 0 amide bonds. The van der Waals surface area contributed by atoms with Crippen molar-refractivity contribution >= 4 is 11.5 Å². The largest absolute Gasteiger partial charge is 0.386 e. The summed E-state index contributed by atoms with van der Waals surface area (Å²) >= 11 is 0. The number of anilines is 1. The van der Waals surface area contributed by atoms with Crippen LogP contribution in [0.25, 0.3) is 0 Å². The average Bonchev–Trinajstić information content (AvgIpc) is 3.09. The maximum Gasteiger partial charge on any atom is 0.277 e. The van der Waals surface area contributed by atoms with Gasteiger partial charge in [0.05, 0.1) is 24.1 Å². The lowest BCUT2D eigenvalue weighted by Crippen LogP contribution is -2.63. The van der Waals surface area contributed by atoms with Crippen molar-refractivity contribution < 1.29 is 10.0 Å². The van der Waals surface area contributed by atoms with Gasteiger partial charge in [0, 0.05) is 11.8 Å².